The summed E-state index contributed by atoms with van der Waals surface area (Å²) in [7, 11) is 4.29. The number of rotatable bonds is 3. The average Bonchev–Trinajstić information content (AvgIpc) is 2.54. The summed E-state index contributed by atoms with van der Waals surface area (Å²) in [4.78, 5) is 2.26. The van der Waals surface area contributed by atoms with Crippen LogP contribution in [-0.2, 0) is 0 Å². The molecule has 0 saturated carbocycles. The van der Waals surface area contributed by atoms with E-state index >= 15 is 0 Å². The third kappa shape index (κ3) is 4.05. The molecular weight excluding hydrogens is 292 g/mol. The van der Waals surface area contributed by atoms with Gasteiger partial charge in [0.15, 0.2) is 0 Å². The van der Waals surface area contributed by atoms with Gasteiger partial charge in [-0.3, -0.25) is 0 Å². The minimum absolute atomic E-state index is 0.992. The highest BCUT2D eigenvalue weighted by molar-refractivity contribution is 5.59. The molecule has 1 aromatic rings. The van der Waals surface area contributed by atoms with Crippen molar-refractivity contribution < 1.29 is 4.58 Å². The smallest absolute Gasteiger partial charge is 0.240 e. The first-order valence-electron chi connectivity index (χ1n) is 8.62. The van der Waals surface area contributed by atoms with E-state index in [0.29, 0.717) is 0 Å². The third-order valence-electron chi connectivity index (χ3n) is 4.58. The number of benzene rings is 1. The summed E-state index contributed by atoms with van der Waals surface area (Å²) in [6, 6.07) is 4.50. The molecule has 0 aliphatic heterocycles. The maximum absolute atomic E-state index is 2.28. The van der Waals surface area contributed by atoms with Crippen molar-refractivity contribution >= 4 is 12.0 Å². The molecular formula is C22H31N2+. The molecule has 2 rings (SSSR count). The van der Waals surface area contributed by atoms with E-state index in [1.165, 1.54) is 44.8 Å². The number of hydrogen-bond donors (Lipinski definition) is 0. The molecule has 0 saturated heterocycles. The molecule has 0 heterocycles. The van der Waals surface area contributed by atoms with Gasteiger partial charge in [0.2, 0.25) is 6.34 Å². The van der Waals surface area contributed by atoms with Crippen molar-refractivity contribution in [1.29, 1.82) is 0 Å². The van der Waals surface area contributed by atoms with Crippen molar-refractivity contribution in [3.63, 3.8) is 0 Å². The molecule has 0 amide bonds. The van der Waals surface area contributed by atoms with Crippen LogP contribution in [0.3, 0.4) is 0 Å². The Kier molecular flexibility index (Phi) is 5.48. The van der Waals surface area contributed by atoms with Gasteiger partial charge in [-0.15, -0.1) is 0 Å². The van der Waals surface area contributed by atoms with E-state index in [0.717, 1.165) is 6.42 Å². The van der Waals surface area contributed by atoms with Gasteiger partial charge in [-0.2, -0.15) is 0 Å². The van der Waals surface area contributed by atoms with E-state index in [1.54, 1.807) is 0 Å². The van der Waals surface area contributed by atoms with Crippen LogP contribution in [0.1, 0.15) is 43.9 Å². The number of aryl methyl sites for hydroxylation is 3. The summed E-state index contributed by atoms with van der Waals surface area (Å²) in [6.07, 6.45) is 7.75. The average molecular weight is 324 g/mol. The quantitative estimate of drug-likeness (QED) is 0.409. The molecule has 1 aliphatic rings. The number of nitrogens with zero attached hydrogens (tertiary/aromatic N) is 2. The summed E-state index contributed by atoms with van der Waals surface area (Å²) in [5, 5.41) is 0. The molecule has 0 atom stereocenters. The predicted molar refractivity (Wildman–Crippen MR) is 105 cm³/mol. The normalized spacial score (nSPS) is 15.9. The Labute approximate surface area is 147 Å². The predicted octanol–water partition coefficient (Wildman–Crippen LogP) is 5.42. The zero-order valence-electron chi connectivity index (χ0n) is 16.5. The molecule has 2 nitrogen and oxygen atoms in total. The molecule has 0 bridgehead atoms. The molecule has 128 valence electrons. The zero-order chi connectivity index (χ0) is 18.0. The Hall–Kier alpha value is -2.09. The van der Waals surface area contributed by atoms with Gasteiger partial charge in [0.05, 0.1) is 14.1 Å². The van der Waals surface area contributed by atoms with Gasteiger partial charge in [-0.1, -0.05) is 41.0 Å². The fraction of sp³-hybridized carbons (Fsp3) is 0.409. The van der Waals surface area contributed by atoms with E-state index in [4.69, 9.17) is 0 Å². The second-order valence-electron chi connectivity index (χ2n) is 7.27. The number of hydrogen-bond acceptors (Lipinski definition) is 0. The highest BCUT2D eigenvalue weighted by Crippen LogP contribution is 2.26. The standard InChI is InChI=1S/C22H31N2/c1-15-9-16(2)13-21(18(4)10-15)23(7)14-24(8)22-19(5)11-17(3)12-20(22)6/h9-12,14H,13H2,1-8H3/q+1. The van der Waals surface area contributed by atoms with Crippen molar-refractivity contribution in [2.45, 2.75) is 48.0 Å². The molecule has 0 radical (unpaired) electrons. The first kappa shape index (κ1) is 18.3. The van der Waals surface area contributed by atoms with Gasteiger partial charge >= 0.3 is 0 Å². The van der Waals surface area contributed by atoms with Gasteiger partial charge in [0.1, 0.15) is 11.4 Å². The van der Waals surface area contributed by atoms with E-state index < -0.39 is 0 Å². The largest absolute Gasteiger partial charge is 0.243 e. The fourth-order valence-electron chi connectivity index (χ4n) is 3.83. The van der Waals surface area contributed by atoms with Gasteiger partial charge in [0.25, 0.3) is 0 Å². The first-order chi connectivity index (χ1) is 11.2. The van der Waals surface area contributed by atoms with Crippen LogP contribution >= 0.6 is 0 Å². The lowest BCUT2D eigenvalue weighted by atomic mass is 10.1. The molecule has 2 heteroatoms. The maximum atomic E-state index is 2.28. The van der Waals surface area contributed by atoms with E-state index in [2.05, 4.69) is 95.7 Å². The van der Waals surface area contributed by atoms with E-state index in [1.807, 2.05) is 0 Å². The van der Waals surface area contributed by atoms with Crippen LogP contribution in [0.15, 0.2) is 46.7 Å². The molecule has 24 heavy (non-hydrogen) atoms. The third-order valence-corrected chi connectivity index (χ3v) is 4.58. The van der Waals surface area contributed by atoms with E-state index in [-0.39, 0.29) is 0 Å². The molecule has 0 N–H and O–H groups in total. The topological polar surface area (TPSA) is 6.25 Å². The number of allylic oxidation sites excluding steroid dienone is 5. The van der Waals surface area contributed by atoms with Gasteiger partial charge in [0, 0.05) is 6.42 Å². The molecule has 0 fully saturated rings. The van der Waals surface area contributed by atoms with Crippen molar-refractivity contribution in [3.05, 3.63) is 63.4 Å². The SMILES string of the molecule is CC1=CC(C)=C(N(C)C=[N+](C)c2c(C)cc(C)cc2C)CC(C)=C1. The van der Waals surface area contributed by atoms with E-state index in [9.17, 15) is 0 Å². The zero-order valence-corrected chi connectivity index (χ0v) is 16.5. The summed E-state index contributed by atoms with van der Waals surface area (Å²) >= 11 is 0. The molecule has 0 unspecified atom stereocenters. The monoisotopic (exact) mass is 323 g/mol. The highest BCUT2D eigenvalue weighted by atomic mass is 15.2. The van der Waals surface area contributed by atoms with Gasteiger partial charge in [-0.25, -0.2) is 9.48 Å². The molecule has 0 aromatic heterocycles. The Morgan fingerprint density at radius 3 is 2.12 bits per heavy atom. The first-order valence-corrected chi connectivity index (χ1v) is 8.62. The lowest BCUT2D eigenvalue weighted by molar-refractivity contribution is -0.405. The Morgan fingerprint density at radius 2 is 1.54 bits per heavy atom. The van der Waals surface area contributed by atoms with Gasteiger partial charge in [-0.05, 0) is 58.2 Å². The highest BCUT2D eigenvalue weighted by Gasteiger charge is 2.17. The summed E-state index contributed by atoms with van der Waals surface area (Å²) < 4.78 is 2.24. The summed E-state index contributed by atoms with van der Waals surface area (Å²) in [6.45, 7) is 13.1. The van der Waals surface area contributed by atoms with Crippen LogP contribution in [0.5, 0.6) is 0 Å². The van der Waals surface area contributed by atoms with Crippen molar-refractivity contribution in [2.75, 3.05) is 14.1 Å². The molecule has 1 aromatic carbocycles. The van der Waals surface area contributed by atoms with Crippen LogP contribution in [0.25, 0.3) is 0 Å². The van der Waals surface area contributed by atoms with Gasteiger partial charge < -0.3 is 0 Å². The molecule has 0 spiro atoms. The van der Waals surface area contributed by atoms with Crippen LogP contribution < -0.4 is 0 Å². The van der Waals surface area contributed by atoms with Crippen LogP contribution in [-0.4, -0.2) is 29.9 Å². The Balaban J connectivity index is 2.41. The lowest BCUT2D eigenvalue weighted by Gasteiger charge is -2.16. The Morgan fingerprint density at radius 1 is 0.958 bits per heavy atom. The van der Waals surface area contributed by atoms with Crippen molar-refractivity contribution in [2.24, 2.45) is 0 Å². The second kappa shape index (κ2) is 7.21. The Bertz CT molecular complexity index is 750. The minimum atomic E-state index is 0.992. The maximum Gasteiger partial charge on any atom is 0.243 e. The minimum Gasteiger partial charge on any atom is -0.240 e. The summed E-state index contributed by atoms with van der Waals surface area (Å²) in [5.41, 5.74) is 10.7. The lowest BCUT2D eigenvalue weighted by Crippen LogP contribution is -2.22. The van der Waals surface area contributed by atoms with Crippen molar-refractivity contribution in [3.8, 4) is 0 Å². The van der Waals surface area contributed by atoms with Crippen LogP contribution in [0, 0.1) is 20.8 Å². The van der Waals surface area contributed by atoms with Crippen LogP contribution in [0.4, 0.5) is 5.69 Å². The summed E-state index contributed by atoms with van der Waals surface area (Å²) in [5.74, 6) is 0. The fourth-order valence-corrected chi connectivity index (χ4v) is 3.83. The molecule has 1 aliphatic carbocycles. The second-order valence-corrected chi connectivity index (χ2v) is 7.27. The van der Waals surface area contributed by atoms with Crippen molar-refractivity contribution in [1.82, 2.24) is 4.90 Å². The van der Waals surface area contributed by atoms with Crippen LogP contribution in [0.2, 0.25) is 0 Å².